The summed E-state index contributed by atoms with van der Waals surface area (Å²) < 4.78 is 0. The molecule has 0 amide bonds. The van der Waals surface area contributed by atoms with Crippen LogP contribution in [0.3, 0.4) is 0 Å². The maximum Gasteiger partial charge on any atom is 0.328 e. The van der Waals surface area contributed by atoms with Crippen LogP contribution < -0.4 is 16.4 Å². The van der Waals surface area contributed by atoms with Crippen LogP contribution in [-0.4, -0.2) is 33.8 Å². The van der Waals surface area contributed by atoms with Crippen molar-refractivity contribution in [2.45, 2.75) is 0 Å². The van der Waals surface area contributed by atoms with Crippen LogP contribution in [0.1, 0.15) is 5.56 Å². The smallest absolute Gasteiger partial charge is 0.328 e. The van der Waals surface area contributed by atoms with Crippen molar-refractivity contribution in [3.63, 3.8) is 0 Å². The minimum absolute atomic E-state index is 0.323. The van der Waals surface area contributed by atoms with Crippen LogP contribution in [0.25, 0.3) is 0 Å². The molecule has 1 aromatic rings. The third kappa shape index (κ3) is 2.79. The van der Waals surface area contributed by atoms with Crippen LogP contribution in [0, 0.1) is 0 Å². The van der Waals surface area contributed by atoms with Crippen LogP contribution in [0.2, 0.25) is 0 Å². The molecule has 0 aliphatic heterocycles. The fourth-order valence-corrected chi connectivity index (χ4v) is 0.815. The Morgan fingerprint density at radius 1 is 1.47 bits per heavy atom. The number of hydrogen-bond acceptors (Lipinski definition) is 6. The first-order chi connectivity index (χ1) is 7.00. The van der Waals surface area contributed by atoms with Crippen LogP contribution in [-0.2, 0) is 4.79 Å². The molecule has 1 heterocycles. The summed E-state index contributed by atoms with van der Waals surface area (Å²) in [5, 5.41) is 19.1. The van der Waals surface area contributed by atoms with Crippen molar-refractivity contribution in [2.75, 3.05) is 6.54 Å². The van der Waals surface area contributed by atoms with E-state index >= 15 is 0 Å². The summed E-state index contributed by atoms with van der Waals surface area (Å²) in [5.41, 5.74) is -2.05. The average Bonchev–Trinajstić information content (AvgIpc) is 2.08. The summed E-state index contributed by atoms with van der Waals surface area (Å²) in [4.78, 5) is 38.7. The molecule has 1 rings (SSSR count). The van der Waals surface area contributed by atoms with Crippen molar-refractivity contribution in [3.8, 4) is 5.88 Å². The fraction of sp³-hybridized carbons (Fsp3) is 0.143. The van der Waals surface area contributed by atoms with E-state index in [2.05, 4.69) is 4.99 Å². The molecule has 0 radical (unpaired) electrons. The summed E-state index contributed by atoms with van der Waals surface area (Å²) in [7, 11) is 0. The molecule has 1 aromatic heterocycles. The highest BCUT2D eigenvalue weighted by Crippen LogP contribution is 2.00. The summed E-state index contributed by atoms with van der Waals surface area (Å²) in [6, 6.07) is 0. The molecule has 8 heteroatoms. The fourth-order valence-electron chi connectivity index (χ4n) is 0.815. The number of hydrogen-bond donors (Lipinski definition) is 3. The molecule has 0 fully saturated rings. The van der Waals surface area contributed by atoms with Crippen molar-refractivity contribution in [3.05, 3.63) is 26.4 Å². The monoisotopic (exact) mass is 212 g/mol. The average molecular weight is 212 g/mol. The van der Waals surface area contributed by atoms with Gasteiger partial charge in [-0.3, -0.25) is 19.8 Å². The van der Waals surface area contributed by atoms with Gasteiger partial charge in [0.25, 0.3) is 5.56 Å². The molecule has 0 bridgehead atoms. The lowest BCUT2D eigenvalue weighted by atomic mass is 10.3. The number of carbonyl (C=O) groups excluding carboxylic acids is 1. The third-order valence-corrected chi connectivity index (χ3v) is 1.40. The predicted octanol–water partition coefficient (Wildman–Crippen LogP) is -3.06. The number of carboxylic acid groups (broad SMARTS) is 1. The van der Waals surface area contributed by atoms with Crippen LogP contribution >= 0.6 is 0 Å². The highest BCUT2D eigenvalue weighted by molar-refractivity contribution is 5.83. The molecule has 8 nitrogen and oxygen atoms in total. The van der Waals surface area contributed by atoms with E-state index in [-0.39, 0.29) is 5.56 Å². The van der Waals surface area contributed by atoms with Crippen LogP contribution in [0.5, 0.6) is 5.88 Å². The number of aromatic nitrogens is 2. The SMILES string of the molecule is O=C([O-])CN=Cc1c(O)[nH]c(=O)[nH]c1=O. The molecule has 0 aliphatic carbocycles. The molecule has 0 spiro atoms. The number of carbonyl (C=O) groups is 1. The van der Waals surface area contributed by atoms with Crippen molar-refractivity contribution < 1.29 is 15.0 Å². The maximum atomic E-state index is 11.0. The molecule has 0 unspecified atom stereocenters. The molecule has 0 saturated carbocycles. The number of aliphatic imine (C=N–C) groups is 1. The van der Waals surface area contributed by atoms with Gasteiger partial charge in [-0.05, 0) is 0 Å². The number of nitrogens with zero attached hydrogens (tertiary/aromatic N) is 1. The first kappa shape index (κ1) is 10.7. The van der Waals surface area contributed by atoms with Gasteiger partial charge in [0, 0.05) is 6.21 Å². The van der Waals surface area contributed by atoms with Gasteiger partial charge in [0.1, 0.15) is 5.56 Å². The van der Waals surface area contributed by atoms with E-state index in [0.717, 1.165) is 6.21 Å². The molecular weight excluding hydrogens is 206 g/mol. The van der Waals surface area contributed by atoms with E-state index in [1.54, 1.807) is 0 Å². The van der Waals surface area contributed by atoms with Gasteiger partial charge in [0.15, 0.2) is 0 Å². The lowest BCUT2D eigenvalue weighted by Gasteiger charge is -1.96. The highest BCUT2D eigenvalue weighted by atomic mass is 16.4. The third-order valence-electron chi connectivity index (χ3n) is 1.40. The van der Waals surface area contributed by atoms with Crippen LogP contribution in [0.4, 0.5) is 0 Å². The number of aliphatic carboxylic acids is 1. The Bertz CT molecular complexity index is 512. The van der Waals surface area contributed by atoms with Gasteiger partial charge in [-0.15, -0.1) is 0 Å². The van der Waals surface area contributed by atoms with E-state index in [4.69, 9.17) is 5.11 Å². The molecule has 0 atom stereocenters. The van der Waals surface area contributed by atoms with Gasteiger partial charge >= 0.3 is 5.69 Å². The Hall–Kier alpha value is -2.38. The van der Waals surface area contributed by atoms with E-state index in [1.165, 1.54) is 0 Å². The molecule has 0 aromatic carbocycles. The number of rotatable bonds is 3. The summed E-state index contributed by atoms with van der Waals surface area (Å²) >= 11 is 0. The van der Waals surface area contributed by atoms with Crippen LogP contribution in [0.15, 0.2) is 14.6 Å². The lowest BCUT2D eigenvalue weighted by molar-refractivity contribution is -0.303. The van der Waals surface area contributed by atoms with Gasteiger partial charge in [-0.1, -0.05) is 0 Å². The minimum Gasteiger partial charge on any atom is -0.548 e. The molecule has 15 heavy (non-hydrogen) atoms. The van der Waals surface area contributed by atoms with E-state index in [0.29, 0.717) is 0 Å². The normalized spacial score (nSPS) is 10.7. The first-order valence-electron chi connectivity index (χ1n) is 3.76. The lowest BCUT2D eigenvalue weighted by Crippen LogP contribution is -2.26. The van der Waals surface area contributed by atoms with Gasteiger partial charge in [0.05, 0.1) is 12.5 Å². The largest absolute Gasteiger partial charge is 0.548 e. The Labute approximate surface area is 81.9 Å². The second kappa shape index (κ2) is 4.22. The zero-order valence-corrected chi connectivity index (χ0v) is 7.31. The number of aromatic amines is 2. The molecule has 0 saturated heterocycles. The number of H-pyrrole nitrogens is 2. The standard InChI is InChI=1S/C7H7N3O5/c11-4(12)2-8-1-3-5(13)9-7(15)10-6(3)14/h1H,2H2,(H,11,12)(H3,9,10,13,14,15)/p-1. The van der Waals surface area contributed by atoms with E-state index < -0.39 is 29.6 Å². The summed E-state index contributed by atoms with van der Waals surface area (Å²) in [6.45, 7) is -0.641. The Morgan fingerprint density at radius 3 is 2.67 bits per heavy atom. The molecule has 3 N–H and O–H groups in total. The Balaban J connectivity index is 3.05. The topological polar surface area (TPSA) is 138 Å². The zero-order chi connectivity index (χ0) is 11.4. The second-order valence-electron chi connectivity index (χ2n) is 2.51. The number of nitrogens with one attached hydrogen (secondary N) is 2. The maximum absolute atomic E-state index is 11.0. The van der Waals surface area contributed by atoms with E-state index in [1.807, 2.05) is 9.97 Å². The van der Waals surface area contributed by atoms with Crippen molar-refractivity contribution in [1.29, 1.82) is 0 Å². The minimum atomic E-state index is -1.42. The van der Waals surface area contributed by atoms with Gasteiger partial charge in [-0.25, -0.2) is 4.79 Å². The number of aromatic hydroxyl groups is 1. The Kier molecular flexibility index (Phi) is 3.01. The summed E-state index contributed by atoms with van der Waals surface area (Å²) in [5.74, 6) is -2.10. The summed E-state index contributed by atoms with van der Waals surface area (Å²) in [6.07, 6.45) is 0.833. The van der Waals surface area contributed by atoms with Gasteiger partial charge < -0.3 is 15.0 Å². The predicted molar refractivity (Wildman–Crippen MR) is 46.8 cm³/mol. The van der Waals surface area contributed by atoms with Gasteiger partial charge in [-0.2, -0.15) is 0 Å². The molecule has 80 valence electrons. The van der Waals surface area contributed by atoms with Crippen molar-refractivity contribution in [2.24, 2.45) is 4.99 Å². The van der Waals surface area contributed by atoms with Gasteiger partial charge in [0.2, 0.25) is 5.88 Å². The number of carboxylic acids is 1. The van der Waals surface area contributed by atoms with E-state index in [9.17, 15) is 19.5 Å². The second-order valence-corrected chi connectivity index (χ2v) is 2.51. The van der Waals surface area contributed by atoms with Crippen molar-refractivity contribution >= 4 is 12.2 Å². The first-order valence-corrected chi connectivity index (χ1v) is 3.76. The molecular formula is C7H6N3O5-. The zero-order valence-electron chi connectivity index (χ0n) is 7.31. The van der Waals surface area contributed by atoms with Crippen molar-refractivity contribution in [1.82, 2.24) is 9.97 Å². The Morgan fingerprint density at radius 2 is 2.13 bits per heavy atom. The quantitative estimate of drug-likeness (QED) is 0.456. The molecule has 0 aliphatic rings. The highest BCUT2D eigenvalue weighted by Gasteiger charge is 2.04.